The van der Waals surface area contributed by atoms with Gasteiger partial charge < -0.3 is 42.9 Å². The molecule has 0 radical (unpaired) electrons. The number of carbonyl (C=O) groups is 3. The molecule has 0 aliphatic carbocycles. The van der Waals surface area contributed by atoms with Crippen molar-refractivity contribution in [1.82, 2.24) is 20.2 Å². The van der Waals surface area contributed by atoms with Crippen LogP contribution in [0.4, 0.5) is 21.0 Å². The topological polar surface area (TPSA) is 223 Å². The molecule has 4 heterocycles. The number of aliphatic imine (C=N–C) groups is 4. The summed E-state index contributed by atoms with van der Waals surface area (Å²) in [4.78, 5) is 65.9. The number of methoxy groups -OCH3 is 2. The molecule has 81 heavy (non-hydrogen) atoms. The van der Waals surface area contributed by atoms with Gasteiger partial charge in [0, 0.05) is 25.0 Å². The van der Waals surface area contributed by atoms with E-state index in [9.17, 15) is 14.9 Å². The Morgan fingerprint density at radius 3 is 1.88 bits per heavy atom. The minimum absolute atomic E-state index is 0.0330. The van der Waals surface area contributed by atoms with Gasteiger partial charge in [0.05, 0.1) is 63.9 Å². The number of nitriles is 1. The van der Waals surface area contributed by atoms with E-state index < -0.39 is 67.5 Å². The predicted octanol–water partition coefficient (Wildman–Crippen LogP) is 9.53. The number of hydrogen-bond donors (Lipinski definition) is 2. The van der Waals surface area contributed by atoms with Gasteiger partial charge >= 0.3 is 12.1 Å². The molecule has 21 heteroatoms. The van der Waals surface area contributed by atoms with E-state index in [1.165, 1.54) is 18.3 Å². The number of ether oxygens (including phenoxy) is 5. The lowest BCUT2D eigenvalue weighted by Crippen LogP contribution is -2.66. The van der Waals surface area contributed by atoms with Crippen LogP contribution in [-0.4, -0.2) is 134 Å². The number of nitrogens with zero attached hydrogens (tertiary/aromatic N) is 8. The molecule has 2 saturated heterocycles. The van der Waals surface area contributed by atoms with Crippen molar-refractivity contribution >= 4 is 62.0 Å². The number of morpholine rings is 1. The summed E-state index contributed by atoms with van der Waals surface area (Å²) in [5.74, 6) is -0.298. The van der Waals surface area contributed by atoms with Crippen LogP contribution in [0.2, 0.25) is 0 Å². The number of amidine groups is 1. The molecule has 2 unspecified atom stereocenters. The third-order valence-electron chi connectivity index (χ3n) is 14.4. The Bertz CT molecular complexity index is 3100. The zero-order chi connectivity index (χ0) is 57.5. The molecule has 422 valence electrons. The van der Waals surface area contributed by atoms with E-state index in [4.69, 9.17) is 47.7 Å². The van der Waals surface area contributed by atoms with Crippen LogP contribution in [-0.2, 0) is 33.7 Å². The molecule has 2 N–H and O–H groups in total. The Labute approximate surface area is 473 Å². The quantitative estimate of drug-likeness (QED) is 0.0422. The van der Waals surface area contributed by atoms with Gasteiger partial charge in [-0.05, 0) is 92.9 Å². The summed E-state index contributed by atoms with van der Waals surface area (Å²) in [6.45, 7) is 11.2. The molecule has 0 saturated carbocycles. The van der Waals surface area contributed by atoms with Gasteiger partial charge in [-0.2, -0.15) is 15.2 Å². The highest BCUT2D eigenvalue weighted by Crippen LogP contribution is 2.57. The van der Waals surface area contributed by atoms with Crippen LogP contribution in [0, 0.1) is 17.2 Å². The third-order valence-corrected chi connectivity index (χ3v) is 16.6. The van der Waals surface area contributed by atoms with Gasteiger partial charge in [-0.15, -0.1) is 0 Å². The van der Waals surface area contributed by atoms with Crippen LogP contribution in [0.5, 0.6) is 11.5 Å². The number of anilines is 2. The summed E-state index contributed by atoms with van der Waals surface area (Å²) in [5, 5.41) is 15.4. The summed E-state index contributed by atoms with van der Waals surface area (Å²) >= 11 is 0. The summed E-state index contributed by atoms with van der Waals surface area (Å²) in [5.41, 5.74) is -1.93. The number of carbonyl (C=O) groups excluding carboxylic acids is 3. The number of fused-ring (bicyclic) bond motifs is 3. The minimum atomic E-state index is -2.06. The SMILES string of the molecule is CNC(=O)N1C[C@]2(COC(c3ccccc3)(c3ccc(OC)cc3)c3ccc(OC)cc3)O[C@@H](C34N=CN=C3N=C(NC(=O)C(C)C)N=C4OC(=O)N(c3ccccc3)c3ccccc3)[C@@H]1[C@@H]2OP(OCCC#N)N(C(C)C)C(C)C. The molecule has 4 aliphatic heterocycles. The number of urea groups is 1. The van der Waals surface area contributed by atoms with Crippen molar-refractivity contribution in [3.63, 3.8) is 0 Å². The van der Waals surface area contributed by atoms with E-state index in [1.54, 1.807) is 81.5 Å². The molecular formula is C60H67N10O10P. The fraction of sp³-hybridized carbons (Fsp3) is 0.367. The second-order valence-electron chi connectivity index (χ2n) is 20.5. The highest BCUT2D eigenvalue weighted by molar-refractivity contribution is 7.44. The van der Waals surface area contributed by atoms with E-state index in [-0.39, 0.29) is 56.0 Å². The number of amides is 4. The second-order valence-corrected chi connectivity index (χ2v) is 21.9. The van der Waals surface area contributed by atoms with E-state index in [0.717, 1.165) is 16.7 Å². The van der Waals surface area contributed by atoms with Gasteiger partial charge in [-0.25, -0.2) is 29.1 Å². The molecule has 6 atom stereocenters. The highest BCUT2D eigenvalue weighted by Gasteiger charge is 2.74. The maximum atomic E-state index is 15.3. The van der Waals surface area contributed by atoms with Gasteiger partial charge in [-0.3, -0.25) is 10.1 Å². The molecule has 0 aromatic heterocycles. The zero-order valence-corrected chi connectivity index (χ0v) is 47.7. The van der Waals surface area contributed by atoms with Crippen LogP contribution in [0.25, 0.3) is 0 Å². The fourth-order valence-electron chi connectivity index (χ4n) is 10.7. The molecular weight excluding hydrogens is 1050 g/mol. The number of nitrogens with one attached hydrogen (secondary N) is 2. The Hall–Kier alpha value is -7.89. The lowest BCUT2D eigenvalue weighted by Gasteiger charge is -2.44. The first-order valence-electron chi connectivity index (χ1n) is 26.8. The average Bonchev–Trinajstić information content (AvgIpc) is 4.33. The molecule has 5 aromatic carbocycles. The van der Waals surface area contributed by atoms with Crippen LogP contribution in [0.1, 0.15) is 64.7 Å². The maximum Gasteiger partial charge on any atom is 0.425 e. The normalized spacial score (nSPS) is 21.3. The lowest BCUT2D eigenvalue weighted by molar-refractivity contribution is -0.158. The average molecular weight is 1120 g/mol. The van der Waals surface area contributed by atoms with Crippen LogP contribution >= 0.6 is 8.53 Å². The Morgan fingerprint density at radius 2 is 1.36 bits per heavy atom. The molecule has 20 nitrogen and oxygen atoms in total. The van der Waals surface area contributed by atoms with E-state index in [1.807, 2.05) is 119 Å². The number of guanidine groups is 1. The van der Waals surface area contributed by atoms with Gasteiger partial charge in [-0.1, -0.05) is 105 Å². The first kappa shape index (κ1) is 57.8. The number of benzene rings is 5. The number of hydrogen-bond acceptors (Lipinski definition) is 16. The molecule has 5 aromatic rings. The number of rotatable bonds is 20. The summed E-state index contributed by atoms with van der Waals surface area (Å²) < 4.78 is 49.5. The first-order chi connectivity index (χ1) is 39.1. The fourth-order valence-corrected chi connectivity index (χ4v) is 12.5. The van der Waals surface area contributed by atoms with Gasteiger partial charge in [0.15, 0.2) is 5.84 Å². The Balaban J connectivity index is 1.26. The van der Waals surface area contributed by atoms with Crippen molar-refractivity contribution in [2.45, 2.75) is 95.0 Å². The smallest absolute Gasteiger partial charge is 0.425 e. The molecule has 0 spiro atoms. The van der Waals surface area contributed by atoms with Crippen molar-refractivity contribution in [3.8, 4) is 17.6 Å². The number of likely N-dealkylation sites (tertiary alicyclic amines) is 1. The van der Waals surface area contributed by atoms with Crippen LogP contribution in [0.3, 0.4) is 0 Å². The monoisotopic (exact) mass is 1120 g/mol. The Morgan fingerprint density at radius 1 is 0.802 bits per heavy atom. The molecule has 2 fully saturated rings. The van der Waals surface area contributed by atoms with Crippen LogP contribution in [0.15, 0.2) is 159 Å². The standard InChI is InChI=1S/C60H67N10O10P/c1-39(2)52(71)65-55-66-53-59(64-38-63-53,54(67-55)78-57(73)69(45-22-15-11-16-23-45)46-24-17-12-18-25-46)51-49-50(80-81(77-35-19-34-61)70(40(3)4)41(5)6)58(79-51,36-68(49)56(72)62-7)37-76-60(42-20-13-10-14-21-42,43-26-30-47(74-8)31-27-43)44-28-32-48(75-9)33-29-44/h10-18,20-33,38-41,49-51H,19,35-37H2,1-9H3,(H,62,72)(H,63,64,65,66,71)/t49-,50-,51+,58+,59?,81?/m0/s1. The van der Waals surface area contributed by atoms with Gasteiger partial charge in [0.25, 0.3) is 8.53 Å². The molecule has 2 bridgehead atoms. The van der Waals surface area contributed by atoms with Crippen molar-refractivity contribution in [1.29, 1.82) is 5.26 Å². The predicted molar refractivity (Wildman–Crippen MR) is 309 cm³/mol. The lowest BCUT2D eigenvalue weighted by atomic mass is 9.79. The molecule has 4 amide bonds. The summed E-state index contributed by atoms with van der Waals surface area (Å²) in [6.07, 6.45) is -2.06. The van der Waals surface area contributed by atoms with Crippen LogP contribution < -0.4 is 25.0 Å². The third kappa shape index (κ3) is 11.3. The van der Waals surface area contributed by atoms with Crippen molar-refractivity contribution in [3.05, 3.63) is 156 Å². The van der Waals surface area contributed by atoms with E-state index in [2.05, 4.69) is 26.4 Å². The van der Waals surface area contributed by atoms with E-state index >= 15 is 4.79 Å². The summed E-state index contributed by atoms with van der Waals surface area (Å²) in [7, 11) is 2.67. The first-order valence-corrected chi connectivity index (χ1v) is 27.9. The molecule has 4 aliphatic rings. The van der Waals surface area contributed by atoms with Crippen molar-refractivity contribution in [2.24, 2.45) is 25.9 Å². The number of para-hydroxylation sites is 2. The van der Waals surface area contributed by atoms with Crippen molar-refractivity contribution in [2.75, 3.05) is 45.9 Å². The van der Waals surface area contributed by atoms with Gasteiger partial charge in [0.2, 0.25) is 23.3 Å². The largest absolute Gasteiger partial charge is 0.497 e. The van der Waals surface area contributed by atoms with Crippen molar-refractivity contribution < 1.29 is 47.1 Å². The second kappa shape index (κ2) is 24.9. The van der Waals surface area contributed by atoms with Gasteiger partial charge in [0.1, 0.15) is 41.2 Å². The minimum Gasteiger partial charge on any atom is -0.497 e. The van der Waals surface area contributed by atoms with E-state index in [0.29, 0.717) is 22.9 Å². The molecule has 9 rings (SSSR count). The highest BCUT2D eigenvalue weighted by atomic mass is 31.2. The maximum absolute atomic E-state index is 15.3. The summed E-state index contributed by atoms with van der Waals surface area (Å²) in [6, 6.07) is 43.1. The zero-order valence-electron chi connectivity index (χ0n) is 46.8. The Kier molecular flexibility index (Phi) is 17.7.